The highest BCUT2D eigenvalue weighted by Gasteiger charge is 2.49. The van der Waals surface area contributed by atoms with Crippen molar-refractivity contribution in [2.75, 3.05) is 20.3 Å². The molecule has 1 fully saturated rings. The molecule has 2 atom stereocenters. The highest BCUT2D eigenvalue weighted by molar-refractivity contribution is 5.85. The van der Waals surface area contributed by atoms with Gasteiger partial charge in [0.05, 0.1) is 12.7 Å². The minimum Gasteiger partial charge on any atom is -0.388 e. The van der Waals surface area contributed by atoms with Gasteiger partial charge in [0.2, 0.25) is 5.91 Å². The van der Waals surface area contributed by atoms with E-state index in [9.17, 15) is 9.90 Å². The molecule has 2 rings (SSSR count). The van der Waals surface area contributed by atoms with Crippen LogP contribution in [0.4, 0.5) is 0 Å². The molecule has 1 aromatic rings. The van der Waals surface area contributed by atoms with Gasteiger partial charge in [-0.15, -0.1) is 12.4 Å². The summed E-state index contributed by atoms with van der Waals surface area (Å²) >= 11 is 0. The van der Waals surface area contributed by atoms with E-state index in [1.54, 1.807) is 0 Å². The molecule has 0 spiro atoms. The number of ether oxygens (including phenoxy) is 1. The van der Waals surface area contributed by atoms with Crippen molar-refractivity contribution in [1.29, 1.82) is 0 Å². The molecular formula is C15H23ClN2O3. The largest absolute Gasteiger partial charge is 0.388 e. The molecule has 0 aromatic heterocycles. The summed E-state index contributed by atoms with van der Waals surface area (Å²) in [5.74, 6) is -0.238. The van der Waals surface area contributed by atoms with E-state index in [1.165, 1.54) is 7.11 Å². The third kappa shape index (κ3) is 4.41. The summed E-state index contributed by atoms with van der Waals surface area (Å²) < 4.78 is 4.85. The molecule has 5 nitrogen and oxygen atoms in total. The van der Waals surface area contributed by atoms with Gasteiger partial charge in [0.1, 0.15) is 6.04 Å². The average molecular weight is 315 g/mol. The van der Waals surface area contributed by atoms with Gasteiger partial charge in [-0.05, 0) is 18.4 Å². The Morgan fingerprint density at radius 2 is 2.05 bits per heavy atom. The summed E-state index contributed by atoms with van der Waals surface area (Å²) in [6, 6.07) is 8.88. The number of methoxy groups -OCH3 is 1. The summed E-state index contributed by atoms with van der Waals surface area (Å²) in [4.78, 5) is 11.8. The van der Waals surface area contributed by atoms with Crippen molar-refractivity contribution in [3.8, 4) is 0 Å². The van der Waals surface area contributed by atoms with E-state index in [0.29, 0.717) is 6.54 Å². The third-order valence-electron chi connectivity index (χ3n) is 3.89. The van der Waals surface area contributed by atoms with Crippen LogP contribution in [0.15, 0.2) is 30.3 Å². The Morgan fingerprint density at radius 3 is 2.57 bits per heavy atom. The van der Waals surface area contributed by atoms with Gasteiger partial charge in [-0.1, -0.05) is 30.3 Å². The number of amides is 1. The lowest BCUT2D eigenvalue weighted by Crippen LogP contribution is -2.45. The molecule has 1 amide bonds. The summed E-state index contributed by atoms with van der Waals surface area (Å²) in [7, 11) is 1.51. The number of nitrogens with two attached hydrogens (primary N) is 1. The highest BCUT2D eigenvalue weighted by atomic mass is 35.5. The second-order valence-corrected chi connectivity index (χ2v) is 5.46. The minimum atomic E-state index is -0.662. The van der Waals surface area contributed by atoms with Gasteiger partial charge in [0.15, 0.2) is 0 Å². The van der Waals surface area contributed by atoms with Crippen LogP contribution in [0.3, 0.4) is 0 Å². The molecule has 1 aromatic carbocycles. The van der Waals surface area contributed by atoms with Crippen molar-refractivity contribution < 1.29 is 14.6 Å². The van der Waals surface area contributed by atoms with Crippen LogP contribution < -0.4 is 11.1 Å². The van der Waals surface area contributed by atoms with Crippen molar-refractivity contribution >= 4 is 18.3 Å². The number of carbonyl (C=O) groups is 1. The zero-order valence-electron chi connectivity index (χ0n) is 12.1. The van der Waals surface area contributed by atoms with Crippen LogP contribution in [0.1, 0.15) is 24.5 Å². The Hall–Kier alpha value is -1.14. The molecule has 0 bridgehead atoms. The molecule has 0 heterocycles. The normalized spacial score (nSPS) is 18.2. The molecule has 1 aliphatic rings. The van der Waals surface area contributed by atoms with Crippen LogP contribution in [0.25, 0.3) is 0 Å². The molecule has 1 aliphatic carbocycles. The fourth-order valence-corrected chi connectivity index (χ4v) is 2.35. The second kappa shape index (κ2) is 7.75. The topological polar surface area (TPSA) is 84.6 Å². The molecule has 4 N–H and O–H groups in total. The first-order chi connectivity index (χ1) is 9.59. The van der Waals surface area contributed by atoms with E-state index in [2.05, 4.69) is 5.32 Å². The molecule has 0 radical (unpaired) electrons. The molecule has 1 saturated carbocycles. The smallest absolute Gasteiger partial charge is 0.239 e. The number of hydrogen-bond donors (Lipinski definition) is 3. The van der Waals surface area contributed by atoms with Crippen LogP contribution >= 0.6 is 12.4 Å². The molecular weight excluding hydrogens is 292 g/mol. The van der Waals surface area contributed by atoms with E-state index >= 15 is 0 Å². The number of hydrogen-bond acceptors (Lipinski definition) is 4. The van der Waals surface area contributed by atoms with Gasteiger partial charge in [0, 0.05) is 19.1 Å². The first kappa shape index (κ1) is 17.9. The Balaban J connectivity index is 0.00000220. The van der Waals surface area contributed by atoms with E-state index in [-0.39, 0.29) is 30.3 Å². The van der Waals surface area contributed by atoms with Gasteiger partial charge in [0.25, 0.3) is 0 Å². The maximum Gasteiger partial charge on any atom is 0.239 e. The Labute approximate surface area is 131 Å². The number of aliphatic hydroxyl groups excluding tert-OH is 1. The SMILES string of the molecule is COCC(N)C(=O)NCC1(C(O)c2ccccc2)CC1.Cl. The number of rotatable bonds is 7. The zero-order valence-corrected chi connectivity index (χ0v) is 12.9. The number of carbonyl (C=O) groups excluding carboxylic acids is 1. The molecule has 6 heteroatoms. The second-order valence-electron chi connectivity index (χ2n) is 5.46. The molecule has 118 valence electrons. The maximum atomic E-state index is 11.8. The van der Waals surface area contributed by atoms with Gasteiger partial charge >= 0.3 is 0 Å². The predicted octanol–water partition coefficient (Wildman–Crippen LogP) is 1.01. The molecule has 2 unspecified atom stereocenters. The molecule has 21 heavy (non-hydrogen) atoms. The lowest BCUT2D eigenvalue weighted by molar-refractivity contribution is -0.123. The van der Waals surface area contributed by atoms with Gasteiger partial charge in [-0.2, -0.15) is 0 Å². The Bertz CT molecular complexity index is 451. The van der Waals surface area contributed by atoms with E-state index in [4.69, 9.17) is 10.5 Å². The number of nitrogens with one attached hydrogen (secondary N) is 1. The fraction of sp³-hybridized carbons (Fsp3) is 0.533. The first-order valence-corrected chi connectivity index (χ1v) is 6.84. The summed E-state index contributed by atoms with van der Waals surface area (Å²) in [5.41, 5.74) is 6.31. The first-order valence-electron chi connectivity index (χ1n) is 6.84. The Morgan fingerprint density at radius 1 is 1.43 bits per heavy atom. The van der Waals surface area contributed by atoms with Crippen molar-refractivity contribution in [2.24, 2.45) is 11.1 Å². The zero-order chi connectivity index (χ0) is 14.6. The fourth-order valence-electron chi connectivity index (χ4n) is 2.35. The molecule has 0 aliphatic heterocycles. The van der Waals surface area contributed by atoms with E-state index in [1.807, 2.05) is 30.3 Å². The van der Waals surface area contributed by atoms with Crippen LogP contribution in [0, 0.1) is 5.41 Å². The average Bonchev–Trinajstić information content (AvgIpc) is 3.26. The Kier molecular flexibility index (Phi) is 6.61. The highest BCUT2D eigenvalue weighted by Crippen LogP contribution is 2.54. The monoisotopic (exact) mass is 314 g/mol. The van der Waals surface area contributed by atoms with Crippen molar-refractivity contribution in [3.05, 3.63) is 35.9 Å². The van der Waals surface area contributed by atoms with E-state index < -0.39 is 12.1 Å². The van der Waals surface area contributed by atoms with Crippen molar-refractivity contribution in [1.82, 2.24) is 5.32 Å². The van der Waals surface area contributed by atoms with Crippen LogP contribution in [-0.2, 0) is 9.53 Å². The number of aliphatic hydroxyl groups is 1. The maximum absolute atomic E-state index is 11.8. The van der Waals surface area contributed by atoms with Gasteiger partial charge in [-0.25, -0.2) is 0 Å². The van der Waals surface area contributed by atoms with Gasteiger partial charge in [-0.3, -0.25) is 4.79 Å². The van der Waals surface area contributed by atoms with Crippen molar-refractivity contribution in [3.63, 3.8) is 0 Å². The number of benzene rings is 1. The summed E-state index contributed by atoms with van der Waals surface area (Å²) in [6.45, 7) is 0.638. The van der Waals surface area contributed by atoms with Crippen LogP contribution in [0.2, 0.25) is 0 Å². The lowest BCUT2D eigenvalue weighted by atomic mass is 9.92. The van der Waals surface area contributed by atoms with Crippen LogP contribution in [0.5, 0.6) is 0 Å². The number of halogens is 1. The van der Waals surface area contributed by atoms with Crippen molar-refractivity contribution in [2.45, 2.75) is 25.0 Å². The minimum absolute atomic E-state index is 0. The van der Waals surface area contributed by atoms with E-state index in [0.717, 1.165) is 18.4 Å². The summed E-state index contributed by atoms with van der Waals surface area (Å²) in [5, 5.41) is 13.3. The summed E-state index contributed by atoms with van der Waals surface area (Å²) in [6.07, 6.45) is 1.26. The molecule has 0 saturated heterocycles. The quantitative estimate of drug-likeness (QED) is 0.701. The standard InChI is InChI=1S/C15H22N2O3.ClH/c1-20-9-12(16)14(19)17-10-15(7-8-15)13(18)11-5-3-2-4-6-11;/h2-6,12-13,18H,7-10,16H2,1H3,(H,17,19);1H. The lowest BCUT2D eigenvalue weighted by Gasteiger charge is -2.23. The third-order valence-corrected chi connectivity index (χ3v) is 3.89. The van der Waals surface area contributed by atoms with Gasteiger partial charge < -0.3 is 20.9 Å². The van der Waals surface area contributed by atoms with Crippen LogP contribution in [-0.4, -0.2) is 37.3 Å². The predicted molar refractivity (Wildman–Crippen MR) is 83.2 cm³/mol.